The molecule has 0 aliphatic rings. The van der Waals surface area contributed by atoms with Crippen LogP contribution in [0.5, 0.6) is 0 Å². The average Bonchev–Trinajstić information content (AvgIpc) is 2.96. The van der Waals surface area contributed by atoms with Crippen LogP contribution in [-0.2, 0) is 10.5 Å². The summed E-state index contributed by atoms with van der Waals surface area (Å²) in [5.41, 5.74) is 2.12. The Morgan fingerprint density at radius 2 is 2.56 bits per heavy atom. The predicted molar refractivity (Wildman–Crippen MR) is 59.5 cm³/mol. The van der Waals surface area contributed by atoms with E-state index in [0.29, 0.717) is 17.1 Å². The third-order valence-electron chi connectivity index (χ3n) is 1.82. The van der Waals surface area contributed by atoms with E-state index >= 15 is 0 Å². The zero-order chi connectivity index (χ0) is 11.4. The first-order valence-corrected chi connectivity index (χ1v) is 6.21. The Bertz CT molecular complexity index is 467. The van der Waals surface area contributed by atoms with E-state index in [4.69, 9.17) is 4.42 Å². The van der Waals surface area contributed by atoms with Gasteiger partial charge in [-0.15, -0.1) is 10.2 Å². The van der Waals surface area contributed by atoms with Gasteiger partial charge in [0.05, 0.1) is 19.1 Å². The van der Waals surface area contributed by atoms with Crippen LogP contribution < -0.4 is 0 Å². The van der Waals surface area contributed by atoms with Crippen LogP contribution in [0.15, 0.2) is 26.6 Å². The van der Waals surface area contributed by atoms with Gasteiger partial charge in [-0.2, -0.15) is 0 Å². The largest absolute Gasteiger partial charge is 0.468 e. The molecule has 0 radical (unpaired) electrons. The van der Waals surface area contributed by atoms with Crippen molar-refractivity contribution >= 4 is 29.1 Å². The molecule has 0 saturated carbocycles. The number of furan rings is 1. The minimum absolute atomic E-state index is 0.387. The van der Waals surface area contributed by atoms with E-state index in [1.54, 1.807) is 11.6 Å². The Hall–Kier alpha value is -1.34. The van der Waals surface area contributed by atoms with Crippen molar-refractivity contribution in [2.75, 3.05) is 7.11 Å². The number of hydrogen-bond acceptors (Lipinski definition) is 7. The normalized spacial score (nSPS) is 10.3. The fourth-order valence-electron chi connectivity index (χ4n) is 1.10. The van der Waals surface area contributed by atoms with Gasteiger partial charge in [0, 0.05) is 0 Å². The molecule has 0 aromatic carbocycles. The van der Waals surface area contributed by atoms with E-state index in [0.717, 1.165) is 4.34 Å². The molecular formula is C9H8N2O3S2. The molecule has 0 aliphatic heterocycles. The smallest absolute Gasteiger partial charge is 0.341 e. The molecule has 5 nitrogen and oxygen atoms in total. The molecule has 84 valence electrons. The predicted octanol–water partition coefficient (Wildman–Crippen LogP) is 2.21. The summed E-state index contributed by atoms with van der Waals surface area (Å²) in [6, 6.07) is 1.60. The lowest BCUT2D eigenvalue weighted by Gasteiger charge is -1.98. The maximum absolute atomic E-state index is 11.3. The van der Waals surface area contributed by atoms with E-state index in [-0.39, 0.29) is 5.97 Å². The topological polar surface area (TPSA) is 65.2 Å². The average molecular weight is 256 g/mol. The van der Waals surface area contributed by atoms with Gasteiger partial charge in [0.2, 0.25) is 0 Å². The van der Waals surface area contributed by atoms with Crippen molar-refractivity contribution in [2.45, 2.75) is 10.1 Å². The number of esters is 1. The van der Waals surface area contributed by atoms with Gasteiger partial charge in [0.15, 0.2) is 4.34 Å². The number of hydrogen-bond donors (Lipinski definition) is 0. The highest BCUT2D eigenvalue weighted by atomic mass is 32.2. The summed E-state index contributed by atoms with van der Waals surface area (Å²) < 4.78 is 10.7. The fourth-order valence-corrected chi connectivity index (χ4v) is 2.54. The van der Waals surface area contributed by atoms with E-state index in [2.05, 4.69) is 14.9 Å². The van der Waals surface area contributed by atoms with Crippen molar-refractivity contribution in [1.29, 1.82) is 0 Å². The zero-order valence-electron chi connectivity index (χ0n) is 8.37. The molecule has 0 fully saturated rings. The molecule has 0 unspecified atom stereocenters. The summed E-state index contributed by atoms with van der Waals surface area (Å²) in [4.78, 5) is 11.3. The molecule has 0 bridgehead atoms. The summed E-state index contributed by atoms with van der Waals surface area (Å²) in [6.07, 6.45) is 1.47. The highest BCUT2D eigenvalue weighted by Gasteiger charge is 2.15. The van der Waals surface area contributed by atoms with Crippen LogP contribution in [0.1, 0.15) is 16.1 Å². The van der Waals surface area contributed by atoms with Gasteiger partial charge in [0.1, 0.15) is 16.8 Å². The second kappa shape index (κ2) is 5.13. The molecule has 0 saturated heterocycles. The van der Waals surface area contributed by atoms with Crippen molar-refractivity contribution in [3.63, 3.8) is 0 Å². The molecule has 0 amide bonds. The summed E-state index contributed by atoms with van der Waals surface area (Å²) in [5, 5.41) is 7.61. The molecule has 7 heteroatoms. The van der Waals surface area contributed by atoms with E-state index in [9.17, 15) is 4.79 Å². The van der Waals surface area contributed by atoms with Crippen LogP contribution in [0.2, 0.25) is 0 Å². The highest BCUT2D eigenvalue weighted by molar-refractivity contribution is 8.00. The molecule has 0 N–H and O–H groups in total. The van der Waals surface area contributed by atoms with Crippen molar-refractivity contribution in [2.24, 2.45) is 0 Å². The lowest BCUT2D eigenvalue weighted by Crippen LogP contribution is -2.02. The standard InChI is InChI=1S/C9H8N2O3S2/c1-13-8(12)6-2-3-14-7(6)4-15-9-11-10-5-16-9/h2-3,5H,4H2,1H3. The van der Waals surface area contributed by atoms with E-state index in [1.807, 2.05) is 0 Å². The van der Waals surface area contributed by atoms with Gasteiger partial charge in [0.25, 0.3) is 0 Å². The first-order chi connectivity index (χ1) is 7.81. The number of nitrogens with zero attached hydrogens (tertiary/aromatic N) is 2. The van der Waals surface area contributed by atoms with Crippen LogP contribution >= 0.6 is 23.1 Å². The summed E-state index contributed by atoms with van der Waals surface area (Å²) in [5.74, 6) is 0.737. The van der Waals surface area contributed by atoms with Gasteiger partial charge in [-0.3, -0.25) is 0 Å². The molecule has 2 aromatic heterocycles. The van der Waals surface area contributed by atoms with Crippen LogP contribution in [0.25, 0.3) is 0 Å². The maximum atomic E-state index is 11.3. The van der Waals surface area contributed by atoms with Gasteiger partial charge in [-0.1, -0.05) is 23.1 Å². The lowest BCUT2D eigenvalue weighted by atomic mass is 10.3. The van der Waals surface area contributed by atoms with E-state index in [1.165, 1.54) is 36.5 Å². The van der Waals surface area contributed by atoms with Crippen molar-refractivity contribution in [1.82, 2.24) is 10.2 Å². The molecule has 2 rings (SSSR count). The van der Waals surface area contributed by atoms with Crippen LogP contribution in [-0.4, -0.2) is 23.3 Å². The third-order valence-corrected chi connectivity index (χ3v) is 3.68. The molecule has 2 aromatic rings. The minimum Gasteiger partial charge on any atom is -0.468 e. The number of methoxy groups -OCH3 is 1. The monoisotopic (exact) mass is 256 g/mol. The van der Waals surface area contributed by atoms with Crippen molar-refractivity contribution < 1.29 is 13.9 Å². The number of carbonyl (C=O) groups is 1. The number of carbonyl (C=O) groups excluding carboxylic acids is 1. The van der Waals surface area contributed by atoms with Gasteiger partial charge in [-0.05, 0) is 6.07 Å². The first-order valence-electron chi connectivity index (χ1n) is 4.35. The Balaban J connectivity index is 2.04. The quantitative estimate of drug-likeness (QED) is 0.617. The SMILES string of the molecule is COC(=O)c1ccoc1CSc1nncs1. The second-order valence-electron chi connectivity index (χ2n) is 2.74. The van der Waals surface area contributed by atoms with Crippen LogP contribution in [0, 0.1) is 0 Å². The molecule has 2 heterocycles. The van der Waals surface area contributed by atoms with E-state index < -0.39 is 0 Å². The first kappa shape index (κ1) is 11.2. The Morgan fingerprint density at radius 3 is 3.25 bits per heavy atom. The Labute approximate surface area is 99.8 Å². The van der Waals surface area contributed by atoms with Crippen LogP contribution in [0.4, 0.5) is 0 Å². The fraction of sp³-hybridized carbons (Fsp3) is 0.222. The molecule has 0 atom stereocenters. The molecular weight excluding hydrogens is 248 g/mol. The van der Waals surface area contributed by atoms with Crippen molar-refractivity contribution in [3.8, 4) is 0 Å². The summed E-state index contributed by atoms with van der Waals surface area (Å²) in [7, 11) is 1.34. The minimum atomic E-state index is -0.387. The van der Waals surface area contributed by atoms with Gasteiger partial charge in [-0.25, -0.2) is 4.79 Å². The Morgan fingerprint density at radius 1 is 1.69 bits per heavy atom. The summed E-state index contributed by atoms with van der Waals surface area (Å²) >= 11 is 2.92. The number of aromatic nitrogens is 2. The number of ether oxygens (including phenoxy) is 1. The zero-order valence-corrected chi connectivity index (χ0v) is 10.0. The Kier molecular flexibility index (Phi) is 3.58. The summed E-state index contributed by atoms with van der Waals surface area (Å²) in [6.45, 7) is 0. The van der Waals surface area contributed by atoms with Crippen molar-refractivity contribution in [3.05, 3.63) is 29.2 Å². The maximum Gasteiger partial charge on any atom is 0.341 e. The number of rotatable bonds is 4. The number of thioether (sulfide) groups is 1. The third kappa shape index (κ3) is 2.42. The highest BCUT2D eigenvalue weighted by Crippen LogP contribution is 2.25. The molecule has 16 heavy (non-hydrogen) atoms. The van der Waals surface area contributed by atoms with Gasteiger partial charge >= 0.3 is 5.97 Å². The molecule has 0 spiro atoms. The van der Waals surface area contributed by atoms with Gasteiger partial charge < -0.3 is 9.15 Å². The lowest BCUT2D eigenvalue weighted by molar-refractivity contribution is 0.0598. The van der Waals surface area contributed by atoms with Crippen LogP contribution in [0.3, 0.4) is 0 Å². The molecule has 0 aliphatic carbocycles. The second-order valence-corrected chi connectivity index (χ2v) is 4.80.